The van der Waals surface area contributed by atoms with Crippen LogP contribution in [-0.2, 0) is 4.74 Å². The van der Waals surface area contributed by atoms with Gasteiger partial charge in [-0.25, -0.2) is 4.68 Å². The lowest BCUT2D eigenvalue weighted by atomic mass is 10.1. The van der Waals surface area contributed by atoms with Gasteiger partial charge in [0.15, 0.2) is 0 Å². The summed E-state index contributed by atoms with van der Waals surface area (Å²) in [6.45, 7) is 4.05. The van der Waals surface area contributed by atoms with Crippen LogP contribution in [0, 0.1) is 17.0 Å². The van der Waals surface area contributed by atoms with Crippen molar-refractivity contribution in [3.8, 4) is 5.69 Å². The molecule has 1 aliphatic heterocycles. The fourth-order valence-electron chi connectivity index (χ4n) is 3.48. The van der Waals surface area contributed by atoms with Gasteiger partial charge in [-0.05, 0) is 31.2 Å². The molecular formula is C21H20ClN5O4. The van der Waals surface area contributed by atoms with E-state index in [-0.39, 0.29) is 11.3 Å². The summed E-state index contributed by atoms with van der Waals surface area (Å²) in [5.74, 6) is -0.0300. The maximum absolute atomic E-state index is 13.3. The van der Waals surface area contributed by atoms with Gasteiger partial charge in [0, 0.05) is 36.3 Å². The minimum atomic E-state index is -0.514. The molecule has 160 valence electrons. The van der Waals surface area contributed by atoms with Gasteiger partial charge in [0.2, 0.25) is 0 Å². The third kappa shape index (κ3) is 4.52. The van der Waals surface area contributed by atoms with Crippen LogP contribution in [0.3, 0.4) is 0 Å². The normalized spacial score (nSPS) is 13.8. The van der Waals surface area contributed by atoms with Crippen molar-refractivity contribution in [2.75, 3.05) is 36.5 Å². The highest BCUT2D eigenvalue weighted by Gasteiger charge is 2.23. The van der Waals surface area contributed by atoms with Crippen LogP contribution in [0.25, 0.3) is 5.69 Å². The number of nitro benzene ring substituents is 1. The Kier molecular flexibility index (Phi) is 5.88. The molecule has 1 aromatic heterocycles. The SMILES string of the molecule is Cc1cc(NC(=O)c2cc([N+](=O)[O-])ccc2N2CCOCC2)n(-c2cccc(Cl)c2)n1. The van der Waals surface area contributed by atoms with E-state index in [1.54, 1.807) is 35.0 Å². The smallest absolute Gasteiger partial charge is 0.270 e. The third-order valence-corrected chi connectivity index (χ3v) is 5.15. The minimum absolute atomic E-state index is 0.151. The van der Waals surface area contributed by atoms with Crippen molar-refractivity contribution in [2.24, 2.45) is 0 Å². The summed E-state index contributed by atoms with van der Waals surface area (Å²) in [5.41, 5.74) is 2.07. The Bertz CT molecular complexity index is 1140. The number of morpholine rings is 1. The van der Waals surface area contributed by atoms with Gasteiger partial charge in [-0.3, -0.25) is 14.9 Å². The molecule has 1 amide bonds. The van der Waals surface area contributed by atoms with Crippen LogP contribution in [0.5, 0.6) is 0 Å². The molecular weight excluding hydrogens is 422 g/mol. The van der Waals surface area contributed by atoms with Gasteiger partial charge in [0.25, 0.3) is 11.6 Å². The van der Waals surface area contributed by atoms with E-state index in [1.807, 2.05) is 17.9 Å². The summed E-state index contributed by atoms with van der Waals surface area (Å²) in [6.07, 6.45) is 0. The van der Waals surface area contributed by atoms with Crippen molar-refractivity contribution in [3.05, 3.63) is 74.9 Å². The first kappa shape index (κ1) is 20.8. The summed E-state index contributed by atoms with van der Waals surface area (Å²) in [6, 6.07) is 13.1. The number of ether oxygens (including phenoxy) is 1. The molecule has 1 aliphatic rings. The number of benzene rings is 2. The van der Waals surface area contributed by atoms with E-state index in [0.29, 0.717) is 54.2 Å². The van der Waals surface area contributed by atoms with Crippen molar-refractivity contribution in [2.45, 2.75) is 6.92 Å². The van der Waals surface area contributed by atoms with Gasteiger partial charge in [0.05, 0.1) is 40.8 Å². The number of nitrogens with zero attached hydrogens (tertiary/aromatic N) is 4. The number of nitrogens with one attached hydrogen (secondary N) is 1. The summed E-state index contributed by atoms with van der Waals surface area (Å²) in [4.78, 5) is 26.0. The zero-order valence-electron chi connectivity index (χ0n) is 16.7. The lowest BCUT2D eigenvalue weighted by molar-refractivity contribution is -0.384. The average Bonchev–Trinajstić information content (AvgIpc) is 3.13. The number of aryl methyl sites for hydroxylation is 1. The van der Waals surface area contributed by atoms with Gasteiger partial charge in [-0.2, -0.15) is 5.10 Å². The van der Waals surface area contributed by atoms with Crippen LogP contribution in [0.1, 0.15) is 16.1 Å². The van der Waals surface area contributed by atoms with Crippen LogP contribution in [0.2, 0.25) is 5.02 Å². The van der Waals surface area contributed by atoms with Gasteiger partial charge >= 0.3 is 0 Å². The fraction of sp³-hybridized carbons (Fsp3) is 0.238. The summed E-state index contributed by atoms with van der Waals surface area (Å²) >= 11 is 6.10. The van der Waals surface area contributed by atoms with Crippen molar-refractivity contribution < 1.29 is 14.5 Å². The summed E-state index contributed by atoms with van der Waals surface area (Å²) < 4.78 is 6.96. The number of amides is 1. The first-order valence-electron chi connectivity index (χ1n) is 9.67. The molecule has 9 nitrogen and oxygen atoms in total. The maximum atomic E-state index is 13.3. The molecule has 0 aliphatic carbocycles. The van der Waals surface area contributed by atoms with Gasteiger partial charge in [-0.1, -0.05) is 17.7 Å². The average molecular weight is 442 g/mol. The van der Waals surface area contributed by atoms with E-state index in [0.717, 1.165) is 0 Å². The third-order valence-electron chi connectivity index (χ3n) is 4.91. The van der Waals surface area contributed by atoms with E-state index >= 15 is 0 Å². The van der Waals surface area contributed by atoms with Gasteiger partial charge < -0.3 is 15.0 Å². The maximum Gasteiger partial charge on any atom is 0.270 e. The van der Waals surface area contributed by atoms with E-state index < -0.39 is 10.8 Å². The molecule has 1 N–H and O–H groups in total. The molecule has 0 atom stereocenters. The van der Waals surface area contributed by atoms with Crippen LogP contribution < -0.4 is 10.2 Å². The van der Waals surface area contributed by atoms with Gasteiger partial charge in [0.1, 0.15) is 5.82 Å². The predicted molar refractivity (Wildman–Crippen MR) is 117 cm³/mol. The molecule has 0 bridgehead atoms. The number of carbonyl (C=O) groups excluding carboxylic acids is 1. The topological polar surface area (TPSA) is 103 Å². The Morgan fingerprint density at radius 2 is 1.97 bits per heavy atom. The number of halogens is 1. The monoisotopic (exact) mass is 441 g/mol. The number of hydrogen-bond donors (Lipinski definition) is 1. The Hall–Kier alpha value is -3.43. The molecule has 0 saturated carbocycles. The number of non-ortho nitro benzene ring substituents is 1. The number of carbonyl (C=O) groups is 1. The van der Waals surface area contributed by atoms with E-state index in [9.17, 15) is 14.9 Å². The molecule has 0 spiro atoms. The molecule has 2 aromatic carbocycles. The number of rotatable bonds is 5. The second kappa shape index (κ2) is 8.75. The quantitative estimate of drug-likeness (QED) is 0.476. The van der Waals surface area contributed by atoms with Crippen LogP contribution in [0.15, 0.2) is 48.5 Å². The molecule has 10 heteroatoms. The lowest BCUT2D eigenvalue weighted by Crippen LogP contribution is -2.37. The number of hydrogen-bond acceptors (Lipinski definition) is 6. The van der Waals surface area contributed by atoms with Crippen molar-refractivity contribution in [1.29, 1.82) is 0 Å². The Balaban J connectivity index is 1.70. The minimum Gasteiger partial charge on any atom is -0.378 e. The zero-order valence-corrected chi connectivity index (χ0v) is 17.5. The lowest BCUT2D eigenvalue weighted by Gasteiger charge is -2.30. The highest BCUT2D eigenvalue weighted by atomic mass is 35.5. The number of anilines is 2. The Labute approximate surface area is 183 Å². The van der Waals surface area contributed by atoms with Crippen LogP contribution in [0.4, 0.5) is 17.2 Å². The molecule has 2 heterocycles. The zero-order chi connectivity index (χ0) is 22.0. The van der Waals surface area contributed by atoms with E-state index in [4.69, 9.17) is 16.3 Å². The Morgan fingerprint density at radius 1 is 1.19 bits per heavy atom. The molecule has 4 rings (SSSR count). The Morgan fingerprint density at radius 3 is 2.68 bits per heavy atom. The van der Waals surface area contributed by atoms with Crippen LogP contribution in [-0.4, -0.2) is 46.9 Å². The van der Waals surface area contributed by atoms with Gasteiger partial charge in [-0.15, -0.1) is 0 Å². The summed E-state index contributed by atoms with van der Waals surface area (Å²) in [5, 5.41) is 19.1. The molecule has 0 radical (unpaired) electrons. The largest absolute Gasteiger partial charge is 0.378 e. The summed E-state index contributed by atoms with van der Waals surface area (Å²) in [7, 11) is 0. The molecule has 0 unspecified atom stereocenters. The van der Waals surface area contributed by atoms with E-state index in [1.165, 1.54) is 12.1 Å². The first-order chi connectivity index (χ1) is 14.9. The molecule has 1 saturated heterocycles. The molecule has 1 fully saturated rings. The molecule has 31 heavy (non-hydrogen) atoms. The van der Waals surface area contributed by atoms with Crippen molar-refractivity contribution in [1.82, 2.24) is 9.78 Å². The first-order valence-corrected chi connectivity index (χ1v) is 10.1. The second-order valence-corrected chi connectivity index (χ2v) is 7.51. The standard InChI is InChI=1S/C21H20ClN5O4/c1-14-11-20(26(24-14)16-4-2-3-15(22)12-16)23-21(28)18-13-17(27(29)30)5-6-19(18)25-7-9-31-10-8-25/h2-6,11-13H,7-10H2,1H3,(H,23,28). The van der Waals surface area contributed by atoms with E-state index in [2.05, 4.69) is 10.4 Å². The highest BCUT2D eigenvalue weighted by Crippen LogP contribution is 2.28. The second-order valence-electron chi connectivity index (χ2n) is 7.07. The van der Waals surface area contributed by atoms with Crippen molar-refractivity contribution >= 4 is 34.7 Å². The highest BCUT2D eigenvalue weighted by molar-refractivity contribution is 6.30. The number of aromatic nitrogens is 2. The predicted octanol–water partition coefficient (Wildman–Crippen LogP) is 3.83. The van der Waals surface area contributed by atoms with Crippen LogP contribution >= 0.6 is 11.6 Å². The molecule has 3 aromatic rings. The number of nitro groups is 1. The van der Waals surface area contributed by atoms with Crippen molar-refractivity contribution in [3.63, 3.8) is 0 Å². The fourth-order valence-corrected chi connectivity index (χ4v) is 3.66.